The number of methoxy groups -OCH3 is 1. The molecule has 0 saturated heterocycles. The number of hydrogen-bond acceptors (Lipinski definition) is 3. The lowest BCUT2D eigenvalue weighted by atomic mass is 9.73. The van der Waals surface area contributed by atoms with Crippen LogP contribution >= 0.6 is 0 Å². The molecule has 3 nitrogen and oxygen atoms in total. The molecule has 15 heavy (non-hydrogen) atoms. The van der Waals surface area contributed by atoms with Gasteiger partial charge in [-0.05, 0) is 32.6 Å². The molecular formula is C11H20FNO2. The predicted molar refractivity (Wildman–Crippen MR) is 56.1 cm³/mol. The number of alkyl halides is 1. The summed E-state index contributed by atoms with van der Waals surface area (Å²) < 4.78 is 18.8. The molecule has 4 heteroatoms. The Kier molecular flexibility index (Phi) is 3.38. The monoisotopic (exact) mass is 217 g/mol. The van der Waals surface area contributed by atoms with Crippen LogP contribution in [0, 0.1) is 5.92 Å². The summed E-state index contributed by atoms with van der Waals surface area (Å²) in [6, 6.07) is 0. The van der Waals surface area contributed by atoms with Crippen molar-refractivity contribution in [1.29, 1.82) is 0 Å². The molecule has 0 spiro atoms. The fourth-order valence-electron chi connectivity index (χ4n) is 2.44. The quantitative estimate of drug-likeness (QED) is 0.733. The third kappa shape index (κ3) is 2.00. The number of nitrogens with two attached hydrogens (primary N) is 1. The highest BCUT2D eigenvalue weighted by Crippen LogP contribution is 2.40. The lowest BCUT2D eigenvalue weighted by Crippen LogP contribution is -2.65. The summed E-state index contributed by atoms with van der Waals surface area (Å²) >= 11 is 0. The van der Waals surface area contributed by atoms with Crippen LogP contribution < -0.4 is 5.73 Å². The second kappa shape index (κ2) is 4.08. The third-order valence-electron chi connectivity index (χ3n) is 3.51. The Morgan fingerprint density at radius 2 is 1.87 bits per heavy atom. The van der Waals surface area contributed by atoms with Gasteiger partial charge in [-0.1, -0.05) is 12.8 Å². The molecule has 0 aliphatic heterocycles. The van der Waals surface area contributed by atoms with Gasteiger partial charge in [-0.25, -0.2) is 9.18 Å². The molecule has 2 N–H and O–H groups in total. The van der Waals surface area contributed by atoms with Gasteiger partial charge in [-0.2, -0.15) is 0 Å². The van der Waals surface area contributed by atoms with Gasteiger partial charge in [0.25, 0.3) is 0 Å². The summed E-state index contributed by atoms with van der Waals surface area (Å²) in [7, 11) is 1.25. The lowest BCUT2D eigenvalue weighted by molar-refractivity contribution is -0.156. The van der Waals surface area contributed by atoms with Crippen molar-refractivity contribution in [2.45, 2.75) is 50.7 Å². The second-order valence-electron chi connectivity index (χ2n) is 4.81. The van der Waals surface area contributed by atoms with Crippen LogP contribution in [0.4, 0.5) is 4.39 Å². The van der Waals surface area contributed by atoms with E-state index in [1.54, 1.807) is 0 Å². The minimum atomic E-state index is -1.75. The van der Waals surface area contributed by atoms with Crippen LogP contribution in [0.2, 0.25) is 0 Å². The molecule has 1 unspecified atom stereocenters. The van der Waals surface area contributed by atoms with E-state index in [0.717, 1.165) is 25.7 Å². The van der Waals surface area contributed by atoms with Crippen LogP contribution in [-0.2, 0) is 9.53 Å². The largest absolute Gasteiger partial charge is 0.468 e. The van der Waals surface area contributed by atoms with Gasteiger partial charge in [0, 0.05) is 0 Å². The van der Waals surface area contributed by atoms with Crippen LogP contribution in [0.3, 0.4) is 0 Å². The van der Waals surface area contributed by atoms with Gasteiger partial charge in [0.05, 0.1) is 7.11 Å². The highest BCUT2D eigenvalue weighted by atomic mass is 19.1. The van der Waals surface area contributed by atoms with Gasteiger partial charge in [0.2, 0.25) is 0 Å². The van der Waals surface area contributed by atoms with Crippen molar-refractivity contribution in [2.75, 3.05) is 7.11 Å². The molecule has 0 aromatic rings. The van der Waals surface area contributed by atoms with Gasteiger partial charge < -0.3 is 10.5 Å². The summed E-state index contributed by atoms with van der Waals surface area (Å²) in [6.07, 6.45) is 3.63. The molecular weight excluding hydrogens is 197 g/mol. The van der Waals surface area contributed by atoms with Crippen molar-refractivity contribution in [3.05, 3.63) is 0 Å². The summed E-state index contributed by atoms with van der Waals surface area (Å²) in [6.45, 7) is 2.70. The van der Waals surface area contributed by atoms with Gasteiger partial charge in [-0.3, -0.25) is 0 Å². The van der Waals surface area contributed by atoms with Gasteiger partial charge in [0.15, 0.2) is 5.54 Å². The summed E-state index contributed by atoms with van der Waals surface area (Å²) in [5, 5.41) is 0. The number of carbonyl (C=O) groups is 1. The van der Waals surface area contributed by atoms with Crippen LogP contribution in [0.5, 0.6) is 0 Å². The molecule has 88 valence electrons. The maximum atomic E-state index is 14.1. The summed E-state index contributed by atoms with van der Waals surface area (Å²) in [4.78, 5) is 11.7. The van der Waals surface area contributed by atoms with E-state index in [-0.39, 0.29) is 5.92 Å². The smallest absolute Gasteiger partial charge is 0.329 e. The minimum Gasteiger partial charge on any atom is -0.468 e. The highest BCUT2D eigenvalue weighted by molar-refractivity contribution is 5.82. The fourth-order valence-corrected chi connectivity index (χ4v) is 2.44. The molecule has 0 amide bonds. The number of ether oxygens (including phenoxy) is 1. The summed E-state index contributed by atoms with van der Waals surface area (Å²) in [5.74, 6) is -0.744. The molecule has 0 aromatic heterocycles. The molecule has 0 heterocycles. The Labute approximate surface area is 90.2 Å². The molecule has 1 fully saturated rings. The first-order valence-electron chi connectivity index (χ1n) is 5.40. The van der Waals surface area contributed by atoms with Gasteiger partial charge >= 0.3 is 5.97 Å². The second-order valence-corrected chi connectivity index (χ2v) is 4.81. The minimum absolute atomic E-state index is 0.107. The van der Waals surface area contributed by atoms with Gasteiger partial charge in [-0.15, -0.1) is 0 Å². The molecule has 0 radical (unpaired) electrons. The Morgan fingerprint density at radius 3 is 2.20 bits per heavy atom. The predicted octanol–water partition coefficient (Wildman–Crippen LogP) is 1.80. The number of rotatable bonds is 3. The Hall–Kier alpha value is -0.640. The number of hydrogen-bond donors (Lipinski definition) is 1. The zero-order valence-electron chi connectivity index (χ0n) is 9.68. The zero-order valence-corrected chi connectivity index (χ0v) is 9.68. The van der Waals surface area contributed by atoms with E-state index < -0.39 is 17.2 Å². The van der Waals surface area contributed by atoms with Crippen molar-refractivity contribution in [2.24, 2.45) is 11.7 Å². The SMILES string of the molecule is COC(=O)C(N)(C1CCCC1)C(C)(C)F. The maximum absolute atomic E-state index is 14.1. The average Bonchev–Trinajstić information content (AvgIpc) is 2.66. The molecule has 1 aliphatic carbocycles. The number of esters is 1. The first-order valence-corrected chi connectivity index (χ1v) is 5.40. The van der Waals surface area contributed by atoms with Crippen molar-refractivity contribution >= 4 is 5.97 Å². The summed E-state index contributed by atoms with van der Waals surface area (Å²) in [5.41, 5.74) is 2.73. The van der Waals surface area contributed by atoms with Crippen molar-refractivity contribution in [3.63, 3.8) is 0 Å². The molecule has 0 bridgehead atoms. The Bertz CT molecular complexity index is 243. The standard InChI is InChI=1S/C11H20FNO2/c1-10(2,12)11(13,9(14)15-3)8-6-4-5-7-8/h8H,4-7,13H2,1-3H3. The van der Waals surface area contributed by atoms with E-state index in [4.69, 9.17) is 5.73 Å². The molecule has 1 aliphatic rings. The first kappa shape index (κ1) is 12.4. The topological polar surface area (TPSA) is 52.3 Å². The molecule has 1 atom stereocenters. The van der Waals surface area contributed by atoms with Crippen LogP contribution in [0.25, 0.3) is 0 Å². The van der Waals surface area contributed by atoms with Crippen molar-refractivity contribution in [3.8, 4) is 0 Å². The normalized spacial score (nSPS) is 22.5. The molecule has 0 aromatic carbocycles. The lowest BCUT2D eigenvalue weighted by Gasteiger charge is -2.40. The van der Waals surface area contributed by atoms with Crippen LogP contribution in [0.1, 0.15) is 39.5 Å². The number of halogens is 1. The highest BCUT2D eigenvalue weighted by Gasteiger charge is 2.55. The average molecular weight is 217 g/mol. The fraction of sp³-hybridized carbons (Fsp3) is 0.909. The van der Waals surface area contributed by atoms with E-state index >= 15 is 0 Å². The van der Waals surface area contributed by atoms with Crippen molar-refractivity contribution < 1.29 is 13.9 Å². The zero-order chi connectivity index (χ0) is 11.7. The molecule has 1 saturated carbocycles. The number of carbonyl (C=O) groups excluding carboxylic acids is 1. The molecule has 1 rings (SSSR count). The van der Waals surface area contributed by atoms with Gasteiger partial charge in [0.1, 0.15) is 5.67 Å². The van der Waals surface area contributed by atoms with E-state index in [2.05, 4.69) is 4.74 Å². The van der Waals surface area contributed by atoms with Crippen LogP contribution in [0.15, 0.2) is 0 Å². The van der Waals surface area contributed by atoms with E-state index in [1.807, 2.05) is 0 Å². The van der Waals surface area contributed by atoms with E-state index in [0.29, 0.717) is 0 Å². The Balaban J connectivity index is 3.00. The van der Waals surface area contributed by atoms with E-state index in [1.165, 1.54) is 21.0 Å². The van der Waals surface area contributed by atoms with Crippen LogP contribution in [-0.4, -0.2) is 24.3 Å². The Morgan fingerprint density at radius 1 is 1.40 bits per heavy atom. The van der Waals surface area contributed by atoms with Crippen molar-refractivity contribution in [1.82, 2.24) is 0 Å². The maximum Gasteiger partial charge on any atom is 0.329 e. The third-order valence-corrected chi connectivity index (χ3v) is 3.51. The van der Waals surface area contributed by atoms with E-state index in [9.17, 15) is 9.18 Å². The first-order chi connectivity index (χ1) is 6.84.